The first-order chi connectivity index (χ1) is 11.5. The second-order valence-corrected chi connectivity index (χ2v) is 7.94. The Labute approximate surface area is 140 Å². The third-order valence-electron chi connectivity index (χ3n) is 4.13. The molecule has 0 radical (unpaired) electrons. The summed E-state index contributed by atoms with van der Waals surface area (Å²) < 4.78 is 25.5. The third kappa shape index (κ3) is 3.13. The Morgan fingerprint density at radius 3 is 2.50 bits per heavy atom. The van der Waals surface area contributed by atoms with Crippen LogP contribution in [0.2, 0.25) is 0 Å². The van der Waals surface area contributed by atoms with E-state index in [0.29, 0.717) is 12.2 Å². The van der Waals surface area contributed by atoms with Crippen LogP contribution in [0.5, 0.6) is 0 Å². The van der Waals surface area contributed by atoms with E-state index in [1.807, 2.05) is 35.2 Å². The van der Waals surface area contributed by atoms with Gasteiger partial charge in [-0.3, -0.25) is 10.0 Å². The van der Waals surface area contributed by atoms with Crippen molar-refractivity contribution >= 4 is 21.4 Å². The van der Waals surface area contributed by atoms with Gasteiger partial charge >= 0.3 is 0 Å². The molecule has 0 aliphatic carbocycles. The number of hydrogen-bond acceptors (Lipinski definition) is 5. The highest BCUT2D eigenvalue weighted by molar-refractivity contribution is 7.92. The number of sulfone groups is 1. The quantitative estimate of drug-likeness (QED) is 0.650. The van der Waals surface area contributed by atoms with Gasteiger partial charge < -0.3 is 4.90 Å². The van der Waals surface area contributed by atoms with Gasteiger partial charge in [0.25, 0.3) is 0 Å². The number of benzene rings is 2. The van der Waals surface area contributed by atoms with Crippen molar-refractivity contribution in [1.29, 1.82) is 0 Å². The Kier molecular flexibility index (Phi) is 4.55. The van der Waals surface area contributed by atoms with Crippen LogP contribution >= 0.6 is 0 Å². The molecule has 0 aromatic heterocycles. The van der Waals surface area contributed by atoms with Gasteiger partial charge in [0.05, 0.1) is 15.8 Å². The van der Waals surface area contributed by atoms with E-state index in [0.717, 1.165) is 5.56 Å². The van der Waals surface area contributed by atoms with Crippen LogP contribution < -0.4 is 10.4 Å². The number of nitrogens with zero attached hydrogens (tertiary/aromatic N) is 1. The van der Waals surface area contributed by atoms with E-state index in [9.17, 15) is 13.2 Å². The van der Waals surface area contributed by atoms with Crippen molar-refractivity contribution in [2.75, 3.05) is 11.4 Å². The van der Waals surface area contributed by atoms with Gasteiger partial charge in [0, 0.05) is 19.5 Å². The standard InChI is InChI=1S/C17H18N2O4S/c20-17(18-21)10-14-12-19(11-13-6-2-1-3-7-13)15-8-4-5-9-16(15)24(14,22)23/h1-9,14,21H,10-12H2,(H,18,20). The van der Waals surface area contributed by atoms with Crippen molar-refractivity contribution < 1.29 is 18.4 Å². The second-order valence-electron chi connectivity index (χ2n) is 5.74. The molecule has 7 heteroatoms. The fraction of sp³-hybridized carbons (Fsp3) is 0.235. The number of carbonyl (C=O) groups excluding carboxylic acids is 1. The highest BCUT2D eigenvalue weighted by atomic mass is 32.2. The first kappa shape index (κ1) is 16.5. The zero-order chi connectivity index (χ0) is 17.2. The number of carbonyl (C=O) groups is 1. The minimum absolute atomic E-state index is 0.196. The molecule has 0 bridgehead atoms. The summed E-state index contributed by atoms with van der Waals surface area (Å²) in [6.45, 7) is 0.742. The predicted molar refractivity (Wildman–Crippen MR) is 89.5 cm³/mol. The lowest BCUT2D eigenvalue weighted by Gasteiger charge is -2.35. The lowest BCUT2D eigenvalue weighted by Crippen LogP contribution is -2.44. The fourth-order valence-electron chi connectivity index (χ4n) is 2.96. The van der Waals surface area contributed by atoms with Gasteiger partial charge in [-0.1, -0.05) is 42.5 Å². The number of hydroxylamine groups is 1. The maximum atomic E-state index is 12.8. The van der Waals surface area contributed by atoms with E-state index in [2.05, 4.69) is 0 Å². The Morgan fingerprint density at radius 2 is 1.79 bits per heavy atom. The van der Waals surface area contributed by atoms with Crippen LogP contribution in [0.1, 0.15) is 12.0 Å². The molecule has 126 valence electrons. The van der Waals surface area contributed by atoms with E-state index in [4.69, 9.17) is 5.21 Å². The molecule has 0 fully saturated rings. The zero-order valence-electron chi connectivity index (χ0n) is 12.9. The first-order valence-electron chi connectivity index (χ1n) is 7.57. The van der Waals surface area contributed by atoms with Gasteiger partial charge in [-0.05, 0) is 17.7 Å². The molecule has 1 amide bonds. The molecule has 2 aromatic carbocycles. The maximum Gasteiger partial charge on any atom is 0.244 e. The molecule has 0 saturated heterocycles. The van der Waals surface area contributed by atoms with Crippen molar-refractivity contribution in [3.05, 3.63) is 60.2 Å². The number of hydrogen-bond donors (Lipinski definition) is 2. The normalized spacial score (nSPS) is 18.7. The molecule has 6 nitrogen and oxygen atoms in total. The second kappa shape index (κ2) is 6.62. The number of nitrogens with one attached hydrogen (secondary N) is 1. The molecule has 0 saturated carbocycles. The molecule has 1 aliphatic rings. The van der Waals surface area contributed by atoms with E-state index < -0.39 is 21.0 Å². The predicted octanol–water partition coefficient (Wildman–Crippen LogP) is 1.74. The average Bonchev–Trinajstić information content (AvgIpc) is 2.60. The Morgan fingerprint density at radius 1 is 1.12 bits per heavy atom. The molecule has 0 spiro atoms. The van der Waals surface area contributed by atoms with Gasteiger partial charge in [-0.25, -0.2) is 13.9 Å². The summed E-state index contributed by atoms with van der Waals surface area (Å²) in [7, 11) is -3.63. The minimum Gasteiger partial charge on any atom is -0.365 e. The van der Waals surface area contributed by atoms with Crippen molar-refractivity contribution in [2.24, 2.45) is 0 Å². The van der Waals surface area contributed by atoms with Crippen LogP contribution in [0, 0.1) is 0 Å². The summed E-state index contributed by atoms with van der Waals surface area (Å²) in [5.41, 5.74) is 3.21. The van der Waals surface area contributed by atoms with Crippen LogP contribution in [-0.2, 0) is 21.2 Å². The van der Waals surface area contributed by atoms with E-state index in [1.165, 1.54) is 5.48 Å². The summed E-state index contributed by atoms with van der Waals surface area (Å²) in [6, 6.07) is 16.5. The number of rotatable bonds is 4. The highest BCUT2D eigenvalue weighted by Gasteiger charge is 2.38. The number of anilines is 1. The smallest absolute Gasteiger partial charge is 0.244 e. The van der Waals surface area contributed by atoms with Crippen LogP contribution in [-0.4, -0.2) is 31.3 Å². The van der Waals surface area contributed by atoms with E-state index in [1.54, 1.807) is 24.3 Å². The number of para-hydroxylation sites is 1. The molecular weight excluding hydrogens is 328 g/mol. The summed E-state index contributed by atoms with van der Waals surface area (Å²) >= 11 is 0. The third-order valence-corrected chi connectivity index (χ3v) is 6.28. The molecule has 2 N–H and O–H groups in total. The largest absolute Gasteiger partial charge is 0.365 e. The fourth-order valence-corrected chi connectivity index (χ4v) is 4.82. The lowest BCUT2D eigenvalue weighted by molar-refractivity contribution is -0.129. The molecule has 2 aromatic rings. The summed E-state index contributed by atoms with van der Waals surface area (Å²) in [4.78, 5) is 13.7. The maximum absolute atomic E-state index is 12.8. The molecule has 1 unspecified atom stereocenters. The topological polar surface area (TPSA) is 86.7 Å². The summed E-state index contributed by atoms with van der Waals surface area (Å²) in [5, 5.41) is 7.82. The molecule has 1 heterocycles. The van der Waals surface area contributed by atoms with Crippen LogP contribution in [0.25, 0.3) is 0 Å². The number of fused-ring (bicyclic) bond motifs is 1. The van der Waals surface area contributed by atoms with E-state index >= 15 is 0 Å². The van der Waals surface area contributed by atoms with Crippen LogP contribution in [0.3, 0.4) is 0 Å². The van der Waals surface area contributed by atoms with Gasteiger partial charge in [0.15, 0.2) is 9.84 Å². The van der Waals surface area contributed by atoms with Crippen molar-refractivity contribution in [3.8, 4) is 0 Å². The van der Waals surface area contributed by atoms with Gasteiger partial charge in [0.1, 0.15) is 0 Å². The minimum atomic E-state index is -3.63. The van der Waals surface area contributed by atoms with Crippen molar-refractivity contribution in [3.63, 3.8) is 0 Å². The molecule has 3 rings (SSSR count). The molecule has 1 atom stereocenters. The average molecular weight is 346 g/mol. The first-order valence-corrected chi connectivity index (χ1v) is 9.11. The van der Waals surface area contributed by atoms with E-state index in [-0.39, 0.29) is 17.9 Å². The molecule has 24 heavy (non-hydrogen) atoms. The van der Waals surface area contributed by atoms with Gasteiger partial charge in [-0.2, -0.15) is 0 Å². The summed E-state index contributed by atoms with van der Waals surface area (Å²) in [6.07, 6.45) is -0.279. The van der Waals surface area contributed by atoms with Crippen LogP contribution in [0.15, 0.2) is 59.5 Å². The Balaban J connectivity index is 1.98. The van der Waals surface area contributed by atoms with Gasteiger partial charge in [-0.15, -0.1) is 0 Å². The molecule has 1 aliphatic heterocycles. The highest BCUT2D eigenvalue weighted by Crippen LogP contribution is 2.35. The Bertz CT molecular complexity index is 837. The lowest BCUT2D eigenvalue weighted by atomic mass is 10.1. The van der Waals surface area contributed by atoms with Crippen molar-refractivity contribution in [1.82, 2.24) is 5.48 Å². The van der Waals surface area contributed by atoms with Crippen LogP contribution in [0.4, 0.5) is 5.69 Å². The Hall–Kier alpha value is -2.38. The zero-order valence-corrected chi connectivity index (χ0v) is 13.7. The summed E-state index contributed by atoms with van der Waals surface area (Å²) in [5.74, 6) is -0.706. The van der Waals surface area contributed by atoms with Gasteiger partial charge in [0.2, 0.25) is 5.91 Å². The number of amides is 1. The monoisotopic (exact) mass is 346 g/mol. The SMILES string of the molecule is O=C(CC1CN(Cc2ccccc2)c2ccccc2S1(=O)=O)NO. The van der Waals surface area contributed by atoms with Crippen molar-refractivity contribution in [2.45, 2.75) is 23.1 Å². The molecular formula is C17H18N2O4S.